The molecule has 2 rings (SSSR count). The number of fused-ring (bicyclic) bond motifs is 1. The number of aliphatic hydroxyl groups excluding tert-OH is 1. The van der Waals surface area contributed by atoms with Crippen LogP contribution in [0.5, 0.6) is 0 Å². The van der Waals surface area contributed by atoms with Crippen molar-refractivity contribution in [2.45, 2.75) is 19.4 Å². The fraction of sp³-hybridized carbons (Fsp3) is 0.250. The first kappa shape index (κ1) is 9.93. The van der Waals surface area contributed by atoms with Gasteiger partial charge in [0, 0.05) is 12.5 Å². The molecular weight excluding hydrogens is 192 g/mol. The van der Waals surface area contributed by atoms with E-state index in [1.54, 1.807) is 25.1 Å². The van der Waals surface area contributed by atoms with E-state index in [1.807, 2.05) is 6.07 Å². The predicted octanol–water partition coefficient (Wildman–Crippen LogP) is 1.72. The number of hydrogen-bond donors (Lipinski definition) is 1. The van der Waals surface area contributed by atoms with Gasteiger partial charge in [-0.15, -0.1) is 0 Å². The molecule has 1 atom stereocenters. The van der Waals surface area contributed by atoms with E-state index >= 15 is 0 Å². The van der Waals surface area contributed by atoms with Crippen LogP contribution in [0, 0.1) is 0 Å². The van der Waals surface area contributed by atoms with Crippen LogP contribution in [-0.2, 0) is 6.42 Å². The van der Waals surface area contributed by atoms with Gasteiger partial charge in [0.05, 0.1) is 11.5 Å². The second-order valence-electron chi connectivity index (χ2n) is 3.63. The summed E-state index contributed by atoms with van der Waals surface area (Å²) in [6, 6.07) is 8.54. The second kappa shape index (κ2) is 3.87. The van der Waals surface area contributed by atoms with Crippen molar-refractivity contribution in [3.63, 3.8) is 0 Å². The van der Waals surface area contributed by atoms with E-state index in [0.717, 1.165) is 0 Å². The third-order valence-electron chi connectivity index (χ3n) is 2.18. The fourth-order valence-electron chi connectivity index (χ4n) is 1.55. The quantitative estimate of drug-likeness (QED) is 0.810. The lowest BCUT2D eigenvalue weighted by atomic mass is 10.2. The van der Waals surface area contributed by atoms with E-state index in [4.69, 9.17) is 4.42 Å². The van der Waals surface area contributed by atoms with Crippen LogP contribution in [0.15, 0.2) is 39.5 Å². The summed E-state index contributed by atoms with van der Waals surface area (Å²) in [4.78, 5) is 11.6. The molecule has 0 saturated heterocycles. The van der Waals surface area contributed by atoms with Crippen molar-refractivity contribution in [3.05, 3.63) is 46.3 Å². The Morgan fingerprint density at radius 1 is 1.40 bits per heavy atom. The van der Waals surface area contributed by atoms with Gasteiger partial charge in [-0.2, -0.15) is 0 Å². The molecule has 0 aliphatic carbocycles. The van der Waals surface area contributed by atoms with E-state index in [1.165, 1.54) is 6.07 Å². The molecule has 0 radical (unpaired) electrons. The van der Waals surface area contributed by atoms with Crippen LogP contribution in [0.25, 0.3) is 11.0 Å². The highest BCUT2D eigenvalue weighted by molar-refractivity contribution is 5.76. The van der Waals surface area contributed by atoms with Gasteiger partial charge in [-0.1, -0.05) is 12.1 Å². The average Bonchev–Trinajstić information content (AvgIpc) is 2.16. The summed E-state index contributed by atoms with van der Waals surface area (Å²) in [6.45, 7) is 1.66. The summed E-state index contributed by atoms with van der Waals surface area (Å²) < 4.78 is 5.49. The number of aliphatic hydroxyl groups is 1. The molecule has 78 valence electrons. The molecule has 1 aromatic heterocycles. The lowest BCUT2D eigenvalue weighted by molar-refractivity contribution is 0.187. The Labute approximate surface area is 87.0 Å². The van der Waals surface area contributed by atoms with Crippen LogP contribution in [0.2, 0.25) is 0 Å². The zero-order chi connectivity index (χ0) is 10.8. The van der Waals surface area contributed by atoms with E-state index in [-0.39, 0.29) is 5.43 Å². The lowest BCUT2D eigenvalue weighted by Crippen LogP contribution is -2.08. The lowest BCUT2D eigenvalue weighted by Gasteiger charge is -2.04. The molecular formula is C12H12O3. The van der Waals surface area contributed by atoms with E-state index < -0.39 is 6.10 Å². The first-order chi connectivity index (χ1) is 7.16. The van der Waals surface area contributed by atoms with Crippen LogP contribution < -0.4 is 5.43 Å². The summed E-state index contributed by atoms with van der Waals surface area (Å²) in [5.41, 5.74) is 0.508. The van der Waals surface area contributed by atoms with Crippen molar-refractivity contribution in [2.24, 2.45) is 0 Å². The van der Waals surface area contributed by atoms with Gasteiger partial charge in [0.15, 0.2) is 5.43 Å². The van der Waals surface area contributed by atoms with Crippen LogP contribution in [0.3, 0.4) is 0 Å². The molecule has 1 N–H and O–H groups in total. The molecule has 0 bridgehead atoms. The summed E-state index contributed by atoms with van der Waals surface area (Å²) in [5.74, 6) is 0.522. The van der Waals surface area contributed by atoms with E-state index in [9.17, 15) is 9.90 Å². The van der Waals surface area contributed by atoms with Crippen molar-refractivity contribution in [1.29, 1.82) is 0 Å². The smallest absolute Gasteiger partial charge is 0.192 e. The molecule has 0 aliphatic heterocycles. The highest BCUT2D eigenvalue weighted by Gasteiger charge is 2.06. The highest BCUT2D eigenvalue weighted by Crippen LogP contribution is 2.12. The van der Waals surface area contributed by atoms with Crippen molar-refractivity contribution >= 4 is 11.0 Å². The molecule has 0 aliphatic rings. The average molecular weight is 204 g/mol. The van der Waals surface area contributed by atoms with Gasteiger partial charge in [-0.3, -0.25) is 4.79 Å². The standard InChI is InChI=1S/C12H12O3/c1-8(13)6-9-7-11(14)10-4-2-3-5-12(10)15-9/h2-5,7-8,13H,6H2,1H3. The fourth-order valence-corrected chi connectivity index (χ4v) is 1.55. The topological polar surface area (TPSA) is 50.4 Å². The van der Waals surface area contributed by atoms with Crippen molar-refractivity contribution in [3.8, 4) is 0 Å². The largest absolute Gasteiger partial charge is 0.461 e. The molecule has 3 nitrogen and oxygen atoms in total. The maximum absolute atomic E-state index is 11.6. The third-order valence-corrected chi connectivity index (χ3v) is 2.18. The molecule has 0 saturated carbocycles. The highest BCUT2D eigenvalue weighted by atomic mass is 16.3. The molecule has 0 amide bonds. The van der Waals surface area contributed by atoms with Crippen LogP contribution in [0.1, 0.15) is 12.7 Å². The molecule has 0 fully saturated rings. The Balaban J connectivity index is 2.57. The Hall–Kier alpha value is -1.61. The number of para-hydroxylation sites is 1. The normalized spacial score (nSPS) is 12.9. The van der Waals surface area contributed by atoms with Crippen LogP contribution in [-0.4, -0.2) is 11.2 Å². The predicted molar refractivity (Wildman–Crippen MR) is 57.9 cm³/mol. The monoisotopic (exact) mass is 204 g/mol. The molecule has 1 aromatic carbocycles. The minimum absolute atomic E-state index is 0.0625. The van der Waals surface area contributed by atoms with Gasteiger partial charge in [0.1, 0.15) is 11.3 Å². The Bertz CT molecular complexity index is 526. The summed E-state index contributed by atoms with van der Waals surface area (Å²) in [6.07, 6.45) is -0.144. The van der Waals surface area contributed by atoms with Gasteiger partial charge >= 0.3 is 0 Å². The maximum Gasteiger partial charge on any atom is 0.192 e. The third kappa shape index (κ3) is 2.07. The van der Waals surface area contributed by atoms with Gasteiger partial charge in [0.25, 0.3) is 0 Å². The Kier molecular flexibility index (Phi) is 2.56. The Morgan fingerprint density at radius 2 is 2.13 bits per heavy atom. The Morgan fingerprint density at radius 3 is 2.87 bits per heavy atom. The summed E-state index contributed by atoms with van der Waals surface area (Å²) >= 11 is 0. The van der Waals surface area contributed by atoms with Crippen molar-refractivity contribution in [2.75, 3.05) is 0 Å². The summed E-state index contributed by atoms with van der Waals surface area (Å²) in [5, 5.41) is 9.78. The molecule has 1 unspecified atom stereocenters. The van der Waals surface area contributed by atoms with Gasteiger partial charge < -0.3 is 9.52 Å². The first-order valence-electron chi connectivity index (χ1n) is 4.86. The zero-order valence-corrected chi connectivity index (χ0v) is 8.43. The molecule has 0 spiro atoms. The van der Waals surface area contributed by atoms with E-state index in [2.05, 4.69) is 0 Å². The van der Waals surface area contributed by atoms with Crippen molar-refractivity contribution < 1.29 is 9.52 Å². The summed E-state index contributed by atoms with van der Waals surface area (Å²) in [7, 11) is 0. The molecule has 3 heteroatoms. The SMILES string of the molecule is CC(O)Cc1cc(=O)c2ccccc2o1. The van der Waals surface area contributed by atoms with Gasteiger partial charge in [-0.25, -0.2) is 0 Å². The number of hydrogen-bond acceptors (Lipinski definition) is 3. The molecule has 2 aromatic rings. The minimum atomic E-state index is -0.505. The van der Waals surface area contributed by atoms with Crippen LogP contribution in [0.4, 0.5) is 0 Å². The molecule has 1 heterocycles. The number of rotatable bonds is 2. The van der Waals surface area contributed by atoms with Gasteiger partial charge in [0.2, 0.25) is 0 Å². The first-order valence-corrected chi connectivity index (χ1v) is 4.86. The van der Waals surface area contributed by atoms with Crippen molar-refractivity contribution in [1.82, 2.24) is 0 Å². The molecule has 15 heavy (non-hydrogen) atoms. The minimum Gasteiger partial charge on any atom is -0.461 e. The second-order valence-corrected chi connectivity index (χ2v) is 3.63. The zero-order valence-electron chi connectivity index (χ0n) is 8.43. The number of benzene rings is 1. The van der Waals surface area contributed by atoms with E-state index in [0.29, 0.717) is 23.2 Å². The van der Waals surface area contributed by atoms with Gasteiger partial charge in [-0.05, 0) is 19.1 Å². The maximum atomic E-state index is 11.6. The van der Waals surface area contributed by atoms with Crippen LogP contribution >= 0.6 is 0 Å².